The summed E-state index contributed by atoms with van der Waals surface area (Å²) in [6.07, 6.45) is -6.38. The highest BCUT2D eigenvalue weighted by atomic mass is 19.4. The number of aliphatic imine (C=N–C) groups is 1. The van der Waals surface area contributed by atoms with Crippen molar-refractivity contribution >= 4 is 34.7 Å². The fourth-order valence-electron chi connectivity index (χ4n) is 3.05. The molecule has 0 saturated carbocycles. The number of ether oxygens (including phenoxy) is 1. The molecule has 2 aromatic carbocycles. The van der Waals surface area contributed by atoms with Crippen molar-refractivity contribution in [3.63, 3.8) is 0 Å². The van der Waals surface area contributed by atoms with Crippen molar-refractivity contribution in [3.05, 3.63) is 59.2 Å². The van der Waals surface area contributed by atoms with Crippen LogP contribution in [-0.2, 0) is 10.9 Å². The molecule has 0 spiro atoms. The van der Waals surface area contributed by atoms with Gasteiger partial charge >= 0.3 is 12.3 Å². The minimum Gasteiger partial charge on any atom is -0.463 e. The lowest BCUT2D eigenvalue weighted by molar-refractivity contribution is -0.137. The first-order chi connectivity index (χ1) is 16.4. The predicted octanol–water partition coefficient (Wildman–Crippen LogP) is 4.09. The summed E-state index contributed by atoms with van der Waals surface area (Å²) >= 11 is 0. The van der Waals surface area contributed by atoms with Crippen LogP contribution in [0.5, 0.6) is 0 Å². The number of alkyl halides is 3. The summed E-state index contributed by atoms with van der Waals surface area (Å²) in [4.78, 5) is 28.3. The summed E-state index contributed by atoms with van der Waals surface area (Å²) in [7, 11) is 1.40. The van der Waals surface area contributed by atoms with E-state index in [2.05, 4.69) is 20.7 Å². The molecule has 3 aromatic rings. The van der Waals surface area contributed by atoms with Crippen LogP contribution in [0.15, 0.2) is 41.4 Å². The monoisotopic (exact) mass is 499 g/mol. The number of fused-ring (bicyclic) bond motifs is 1. The Morgan fingerprint density at radius 2 is 1.89 bits per heavy atom. The largest absolute Gasteiger partial charge is 0.463 e. The fourth-order valence-corrected chi connectivity index (χ4v) is 3.05. The van der Waals surface area contributed by atoms with Crippen LogP contribution >= 0.6 is 0 Å². The van der Waals surface area contributed by atoms with Crippen molar-refractivity contribution < 1.29 is 41.4 Å². The maximum absolute atomic E-state index is 13.5. The maximum Gasteiger partial charge on any atom is 0.432 e. The Balaban J connectivity index is 2.02. The highest BCUT2D eigenvalue weighted by molar-refractivity contribution is 6.12. The number of rotatable bonds is 5. The molecule has 1 heterocycles. The molecule has 1 aromatic heterocycles. The maximum atomic E-state index is 13.5. The number of carboxylic acid groups (broad SMARTS) is 1. The van der Waals surface area contributed by atoms with Crippen LogP contribution in [0, 0.1) is 11.6 Å². The van der Waals surface area contributed by atoms with E-state index in [-0.39, 0.29) is 34.9 Å². The van der Waals surface area contributed by atoms with Gasteiger partial charge in [0.1, 0.15) is 0 Å². The molecule has 1 atom stereocenters. The molecular weight excluding hydrogens is 481 g/mol. The van der Waals surface area contributed by atoms with Crippen molar-refractivity contribution in [2.24, 2.45) is 4.99 Å². The van der Waals surface area contributed by atoms with Crippen molar-refractivity contribution in [2.45, 2.75) is 19.1 Å². The number of hydrogen-bond acceptors (Lipinski definition) is 5. The van der Waals surface area contributed by atoms with Gasteiger partial charge in [-0.1, -0.05) is 0 Å². The SMILES string of the molecule is COCC(C)N=C(NC(=O)c1ccc(F)c(F)c1)Nc1nn(C(=O)O)c2cc(C(F)(F)F)ccc12. The van der Waals surface area contributed by atoms with Crippen molar-refractivity contribution in [3.8, 4) is 0 Å². The van der Waals surface area contributed by atoms with E-state index in [0.717, 1.165) is 24.3 Å². The molecule has 0 aliphatic rings. The summed E-state index contributed by atoms with van der Waals surface area (Å²) in [5.41, 5.74) is -1.72. The first-order valence-corrected chi connectivity index (χ1v) is 9.84. The molecule has 3 rings (SSSR count). The molecule has 0 bridgehead atoms. The van der Waals surface area contributed by atoms with Gasteiger partial charge in [-0.05, 0) is 43.3 Å². The van der Waals surface area contributed by atoms with Gasteiger partial charge in [0.05, 0.1) is 23.7 Å². The molecule has 9 nitrogen and oxygen atoms in total. The summed E-state index contributed by atoms with van der Waals surface area (Å²) in [5, 5.41) is 18.1. The number of anilines is 1. The normalized spacial score (nSPS) is 13.1. The third kappa shape index (κ3) is 5.90. The number of carbonyl (C=O) groups is 2. The predicted molar refractivity (Wildman–Crippen MR) is 114 cm³/mol. The number of carbonyl (C=O) groups excluding carboxylic acids is 1. The molecule has 0 aliphatic heterocycles. The molecule has 1 unspecified atom stereocenters. The molecule has 0 radical (unpaired) electrons. The zero-order chi connectivity index (χ0) is 25.9. The molecule has 1 amide bonds. The Hall–Kier alpha value is -4.07. The standard InChI is InChI=1S/C21H18F5N5O4/c1-10(9-35-2)27-19(29-18(32)11-3-6-14(22)15(23)7-11)28-17-13-5-4-12(21(24,25)26)8-16(13)31(30-17)20(33)34/h3-8,10H,9H2,1-2H3,(H,33,34)(H2,27,28,29,30,32). The quantitative estimate of drug-likeness (QED) is 0.277. The number of nitrogens with zero attached hydrogens (tertiary/aromatic N) is 3. The zero-order valence-electron chi connectivity index (χ0n) is 18.2. The molecular formula is C21H18F5N5O4. The minimum absolute atomic E-state index is 0.0189. The van der Waals surface area contributed by atoms with Gasteiger partial charge in [-0.2, -0.15) is 17.9 Å². The molecule has 3 N–H and O–H groups in total. The molecule has 0 saturated heterocycles. The second-order valence-corrected chi connectivity index (χ2v) is 7.26. The van der Waals surface area contributed by atoms with Gasteiger partial charge in [-0.25, -0.2) is 18.6 Å². The Kier molecular flexibility index (Phi) is 7.34. The summed E-state index contributed by atoms with van der Waals surface area (Å²) < 4.78 is 71.4. The Bertz CT molecular complexity index is 1310. The van der Waals surface area contributed by atoms with E-state index in [9.17, 15) is 36.6 Å². The summed E-state index contributed by atoms with van der Waals surface area (Å²) in [6, 6.07) is 4.25. The van der Waals surface area contributed by atoms with Crippen LogP contribution in [0.1, 0.15) is 22.8 Å². The van der Waals surface area contributed by atoms with Gasteiger partial charge < -0.3 is 15.2 Å². The van der Waals surface area contributed by atoms with Crippen molar-refractivity contribution in [1.29, 1.82) is 0 Å². The number of amides is 1. The number of benzene rings is 2. The number of guanidine groups is 1. The third-order valence-electron chi connectivity index (χ3n) is 4.60. The van der Waals surface area contributed by atoms with E-state index in [4.69, 9.17) is 4.74 Å². The highest BCUT2D eigenvalue weighted by Crippen LogP contribution is 2.33. The van der Waals surface area contributed by atoms with Gasteiger partial charge in [-0.3, -0.25) is 10.1 Å². The van der Waals surface area contributed by atoms with Crippen LogP contribution < -0.4 is 10.6 Å². The number of methoxy groups -OCH3 is 1. The third-order valence-corrected chi connectivity index (χ3v) is 4.60. The molecule has 0 fully saturated rings. The summed E-state index contributed by atoms with van der Waals surface area (Å²) in [6.45, 7) is 1.71. The van der Waals surface area contributed by atoms with E-state index >= 15 is 0 Å². The van der Waals surface area contributed by atoms with Crippen LogP contribution in [0.2, 0.25) is 0 Å². The van der Waals surface area contributed by atoms with Crippen molar-refractivity contribution in [2.75, 3.05) is 19.0 Å². The zero-order valence-corrected chi connectivity index (χ0v) is 18.2. The molecule has 35 heavy (non-hydrogen) atoms. The number of hydrogen-bond donors (Lipinski definition) is 3. The Labute approximate surface area is 194 Å². The lowest BCUT2D eigenvalue weighted by Gasteiger charge is -2.13. The van der Waals surface area contributed by atoms with Gasteiger partial charge in [0.15, 0.2) is 17.5 Å². The van der Waals surface area contributed by atoms with Gasteiger partial charge in [0, 0.05) is 18.1 Å². The van der Waals surface area contributed by atoms with Crippen LogP contribution in [0.25, 0.3) is 10.9 Å². The second kappa shape index (κ2) is 10.0. The first kappa shape index (κ1) is 25.6. The average molecular weight is 499 g/mol. The van der Waals surface area contributed by atoms with Gasteiger partial charge in [0.2, 0.25) is 5.96 Å². The number of aromatic nitrogens is 2. The molecule has 14 heteroatoms. The van der Waals surface area contributed by atoms with Gasteiger partial charge in [0.25, 0.3) is 5.91 Å². The lowest BCUT2D eigenvalue weighted by Crippen LogP contribution is -2.37. The number of halogens is 5. The van der Waals surface area contributed by atoms with Crippen LogP contribution in [0.4, 0.5) is 32.6 Å². The lowest BCUT2D eigenvalue weighted by atomic mass is 10.1. The van der Waals surface area contributed by atoms with E-state index in [0.29, 0.717) is 16.8 Å². The van der Waals surface area contributed by atoms with Gasteiger partial charge in [-0.15, -0.1) is 5.10 Å². The van der Waals surface area contributed by atoms with Crippen LogP contribution in [0.3, 0.4) is 0 Å². The van der Waals surface area contributed by atoms with E-state index < -0.39 is 41.4 Å². The average Bonchev–Trinajstić information content (AvgIpc) is 3.13. The summed E-state index contributed by atoms with van der Waals surface area (Å²) in [5.74, 6) is -3.85. The molecule has 0 aliphatic carbocycles. The van der Waals surface area contributed by atoms with Crippen molar-refractivity contribution in [1.82, 2.24) is 15.1 Å². The highest BCUT2D eigenvalue weighted by Gasteiger charge is 2.32. The number of nitrogens with one attached hydrogen (secondary N) is 2. The Morgan fingerprint density at radius 1 is 1.17 bits per heavy atom. The first-order valence-electron chi connectivity index (χ1n) is 9.84. The smallest absolute Gasteiger partial charge is 0.432 e. The van der Waals surface area contributed by atoms with E-state index in [1.807, 2.05) is 0 Å². The second-order valence-electron chi connectivity index (χ2n) is 7.26. The topological polar surface area (TPSA) is 118 Å². The van der Waals surface area contributed by atoms with E-state index in [1.165, 1.54) is 7.11 Å². The van der Waals surface area contributed by atoms with Crippen LogP contribution in [-0.4, -0.2) is 52.6 Å². The minimum atomic E-state index is -4.73. The Morgan fingerprint density at radius 3 is 2.49 bits per heavy atom. The fraction of sp³-hybridized carbons (Fsp3) is 0.238. The van der Waals surface area contributed by atoms with E-state index in [1.54, 1.807) is 6.92 Å². The molecule has 186 valence electrons.